The van der Waals surface area contributed by atoms with Crippen molar-refractivity contribution in [2.75, 3.05) is 76.3 Å². The summed E-state index contributed by atoms with van der Waals surface area (Å²) in [5.41, 5.74) is 1.06. The minimum Gasteiger partial charge on any atom is -0.379 e. The predicted octanol–water partition coefficient (Wildman–Crippen LogP) is 1.64. The third-order valence-electron chi connectivity index (χ3n) is 4.53. The van der Waals surface area contributed by atoms with Crippen LogP contribution in [0.1, 0.15) is 0 Å². The van der Waals surface area contributed by atoms with E-state index in [0.717, 1.165) is 26.2 Å². The summed E-state index contributed by atoms with van der Waals surface area (Å²) in [6.45, 7) is 6.09. The van der Waals surface area contributed by atoms with Crippen LogP contribution < -0.4 is 10.6 Å². The van der Waals surface area contributed by atoms with Crippen LogP contribution in [-0.4, -0.2) is 87.3 Å². The molecule has 8 nitrogen and oxygen atoms in total. The molecule has 3 rings (SSSR count). The number of ether oxygens (including phenoxy) is 2. The number of amides is 2. The molecule has 2 amide bonds. The van der Waals surface area contributed by atoms with Gasteiger partial charge in [0.15, 0.2) is 0 Å². The molecule has 1 aromatic carbocycles. The minimum atomic E-state index is -0.145. The smallest absolute Gasteiger partial charge is 0.238 e. The van der Waals surface area contributed by atoms with E-state index < -0.39 is 0 Å². The second-order valence-electron chi connectivity index (χ2n) is 6.69. The molecular weight excluding hydrogens is 452 g/mol. The molecule has 2 aliphatic rings. The summed E-state index contributed by atoms with van der Waals surface area (Å²) in [6, 6.07) is 3.36. The first kappa shape index (κ1) is 21.5. The maximum Gasteiger partial charge on any atom is 0.238 e. The van der Waals surface area contributed by atoms with Gasteiger partial charge in [0.05, 0.1) is 50.2 Å². The summed E-state index contributed by atoms with van der Waals surface area (Å²) in [4.78, 5) is 28.6. The highest BCUT2D eigenvalue weighted by atomic mass is 79.9. The highest BCUT2D eigenvalue weighted by Crippen LogP contribution is 2.34. The van der Waals surface area contributed by atoms with Crippen molar-refractivity contribution >= 4 is 50.7 Å². The topological polar surface area (TPSA) is 83.1 Å². The Balaban J connectivity index is 1.55. The lowest BCUT2D eigenvalue weighted by molar-refractivity contribution is -0.119. The maximum absolute atomic E-state index is 12.3. The first-order chi connectivity index (χ1) is 13.5. The number of benzene rings is 1. The number of carbonyl (C=O) groups is 2. The van der Waals surface area contributed by atoms with Crippen molar-refractivity contribution in [2.24, 2.45) is 0 Å². The van der Waals surface area contributed by atoms with Crippen molar-refractivity contribution in [1.82, 2.24) is 9.80 Å². The number of halogens is 2. The van der Waals surface area contributed by atoms with Crippen LogP contribution in [0.25, 0.3) is 0 Å². The molecule has 2 saturated heterocycles. The highest BCUT2D eigenvalue weighted by molar-refractivity contribution is 9.10. The molecule has 0 atom stereocenters. The van der Waals surface area contributed by atoms with Gasteiger partial charge in [-0.05, 0) is 28.1 Å². The van der Waals surface area contributed by atoms with E-state index in [9.17, 15) is 9.59 Å². The Morgan fingerprint density at radius 2 is 1.43 bits per heavy atom. The van der Waals surface area contributed by atoms with Crippen LogP contribution in [0.4, 0.5) is 11.4 Å². The van der Waals surface area contributed by atoms with Gasteiger partial charge in [-0.15, -0.1) is 0 Å². The molecule has 0 saturated carbocycles. The van der Waals surface area contributed by atoms with E-state index in [-0.39, 0.29) is 18.4 Å². The molecule has 28 heavy (non-hydrogen) atoms. The summed E-state index contributed by atoms with van der Waals surface area (Å²) in [5.74, 6) is -0.262. The highest BCUT2D eigenvalue weighted by Gasteiger charge is 2.18. The first-order valence-corrected chi connectivity index (χ1v) is 10.4. The Morgan fingerprint density at radius 1 is 0.929 bits per heavy atom. The van der Waals surface area contributed by atoms with Gasteiger partial charge in [0.1, 0.15) is 0 Å². The second kappa shape index (κ2) is 10.5. The number of rotatable bonds is 6. The predicted molar refractivity (Wildman–Crippen MR) is 111 cm³/mol. The van der Waals surface area contributed by atoms with E-state index in [0.29, 0.717) is 53.8 Å². The molecule has 2 fully saturated rings. The normalized spacial score (nSPS) is 18.6. The van der Waals surface area contributed by atoms with E-state index in [2.05, 4.69) is 26.6 Å². The Labute approximate surface area is 177 Å². The summed E-state index contributed by atoms with van der Waals surface area (Å²) < 4.78 is 11.2. The Bertz CT molecular complexity index is 686. The quantitative estimate of drug-likeness (QED) is 0.651. The minimum absolute atomic E-state index is 0.117. The monoisotopic (exact) mass is 474 g/mol. The van der Waals surface area contributed by atoms with Crippen LogP contribution in [0.15, 0.2) is 16.6 Å². The van der Waals surface area contributed by atoms with Gasteiger partial charge in [0.2, 0.25) is 11.8 Å². The number of nitrogens with zero attached hydrogens (tertiary/aromatic N) is 2. The Kier molecular flexibility index (Phi) is 8.07. The molecule has 10 heteroatoms. The van der Waals surface area contributed by atoms with Gasteiger partial charge in [-0.3, -0.25) is 19.4 Å². The van der Waals surface area contributed by atoms with Gasteiger partial charge in [0.25, 0.3) is 0 Å². The Hall–Kier alpha value is -1.23. The molecule has 0 radical (unpaired) electrons. The summed E-state index contributed by atoms with van der Waals surface area (Å²) >= 11 is 9.77. The van der Waals surface area contributed by atoms with E-state index in [1.807, 2.05) is 9.80 Å². The number of nitrogens with one attached hydrogen (secondary N) is 2. The average molecular weight is 476 g/mol. The molecule has 0 aliphatic carbocycles. The fourth-order valence-corrected chi connectivity index (χ4v) is 4.01. The van der Waals surface area contributed by atoms with Crippen LogP contribution in [0.3, 0.4) is 0 Å². The van der Waals surface area contributed by atoms with Crippen molar-refractivity contribution in [1.29, 1.82) is 0 Å². The average Bonchev–Trinajstić information content (AvgIpc) is 2.66. The molecule has 0 bridgehead atoms. The molecule has 0 aromatic heterocycles. The van der Waals surface area contributed by atoms with E-state index in [1.54, 1.807) is 12.1 Å². The number of anilines is 2. The fourth-order valence-electron chi connectivity index (χ4n) is 3.07. The zero-order chi connectivity index (χ0) is 19.9. The van der Waals surface area contributed by atoms with Crippen molar-refractivity contribution in [3.8, 4) is 0 Å². The maximum atomic E-state index is 12.3. The van der Waals surface area contributed by atoms with E-state index in [1.165, 1.54) is 0 Å². The molecule has 2 heterocycles. The van der Waals surface area contributed by atoms with Gasteiger partial charge < -0.3 is 20.1 Å². The third-order valence-corrected chi connectivity index (χ3v) is 5.46. The van der Waals surface area contributed by atoms with E-state index >= 15 is 0 Å². The van der Waals surface area contributed by atoms with Crippen LogP contribution in [0.2, 0.25) is 5.02 Å². The fraction of sp³-hybridized carbons (Fsp3) is 0.556. The summed E-state index contributed by atoms with van der Waals surface area (Å²) in [7, 11) is 0. The van der Waals surface area contributed by atoms with Crippen molar-refractivity contribution in [3.63, 3.8) is 0 Å². The molecular formula is C18H24BrClN4O4. The molecule has 1 aromatic rings. The van der Waals surface area contributed by atoms with Crippen molar-refractivity contribution in [2.45, 2.75) is 0 Å². The lowest BCUT2D eigenvalue weighted by atomic mass is 10.2. The van der Waals surface area contributed by atoms with Crippen LogP contribution in [0, 0.1) is 0 Å². The number of hydrogen-bond donors (Lipinski definition) is 2. The number of hydrogen-bond acceptors (Lipinski definition) is 6. The molecule has 0 unspecified atom stereocenters. The van der Waals surface area contributed by atoms with Crippen LogP contribution >= 0.6 is 27.5 Å². The molecule has 154 valence electrons. The Morgan fingerprint density at radius 3 is 1.93 bits per heavy atom. The molecule has 2 N–H and O–H groups in total. The molecule has 0 spiro atoms. The molecule has 2 aliphatic heterocycles. The van der Waals surface area contributed by atoms with Gasteiger partial charge in [0, 0.05) is 36.3 Å². The van der Waals surface area contributed by atoms with Crippen molar-refractivity contribution in [3.05, 3.63) is 21.6 Å². The zero-order valence-corrected chi connectivity index (χ0v) is 17.9. The van der Waals surface area contributed by atoms with Crippen LogP contribution in [0.5, 0.6) is 0 Å². The summed E-state index contributed by atoms with van der Waals surface area (Å²) in [5, 5.41) is 6.04. The van der Waals surface area contributed by atoms with Crippen LogP contribution in [-0.2, 0) is 19.1 Å². The van der Waals surface area contributed by atoms with Gasteiger partial charge in [-0.25, -0.2) is 0 Å². The van der Waals surface area contributed by atoms with Crippen molar-refractivity contribution < 1.29 is 19.1 Å². The summed E-state index contributed by atoms with van der Waals surface area (Å²) in [6.07, 6.45) is 0. The SMILES string of the molecule is O=C(CN1CCOCC1)Nc1cc(Cl)c(NC(=O)CN2CCOCC2)c(Br)c1. The standard InChI is InChI=1S/C18H24BrClN4O4/c19-14-9-13(21-16(25)11-23-1-5-27-6-2-23)10-15(20)18(14)22-17(26)12-24-3-7-28-8-4-24/h9-10H,1-8,11-12H2,(H,21,25)(H,22,26). The zero-order valence-electron chi connectivity index (χ0n) is 15.5. The lowest BCUT2D eigenvalue weighted by Gasteiger charge is -2.26. The van der Waals surface area contributed by atoms with E-state index in [4.69, 9.17) is 21.1 Å². The van der Waals surface area contributed by atoms with Gasteiger partial charge >= 0.3 is 0 Å². The van der Waals surface area contributed by atoms with Gasteiger partial charge in [-0.2, -0.15) is 0 Å². The largest absolute Gasteiger partial charge is 0.379 e. The second-order valence-corrected chi connectivity index (χ2v) is 7.95. The first-order valence-electron chi connectivity index (χ1n) is 9.20. The number of carbonyl (C=O) groups excluding carboxylic acids is 2. The lowest BCUT2D eigenvalue weighted by Crippen LogP contribution is -2.41. The third kappa shape index (κ3) is 6.40. The number of morpholine rings is 2. The van der Waals surface area contributed by atoms with Gasteiger partial charge in [-0.1, -0.05) is 11.6 Å².